The van der Waals surface area contributed by atoms with Gasteiger partial charge in [0, 0.05) is 11.5 Å². The first-order valence-corrected chi connectivity index (χ1v) is 9.56. The Kier molecular flexibility index (Phi) is 5.88. The van der Waals surface area contributed by atoms with Gasteiger partial charge in [0.25, 0.3) is 0 Å². The zero-order valence-corrected chi connectivity index (χ0v) is 14.6. The second-order valence-corrected chi connectivity index (χ2v) is 7.49. The van der Waals surface area contributed by atoms with Gasteiger partial charge in [0.1, 0.15) is 21.6 Å². The van der Waals surface area contributed by atoms with Crippen molar-refractivity contribution in [2.24, 2.45) is 4.99 Å². The Hall–Kier alpha value is -1.59. The van der Waals surface area contributed by atoms with Crippen LogP contribution in [0.15, 0.2) is 59.6 Å². The predicted octanol–water partition coefficient (Wildman–Crippen LogP) is 5.08. The van der Waals surface area contributed by atoms with Crippen LogP contribution in [0.3, 0.4) is 0 Å². The number of hydrogen-bond acceptors (Lipinski definition) is 5. The van der Waals surface area contributed by atoms with Crippen LogP contribution >= 0.6 is 23.5 Å². The third-order valence-corrected chi connectivity index (χ3v) is 5.59. The Balaban J connectivity index is 1.42. The van der Waals surface area contributed by atoms with E-state index >= 15 is 0 Å². The third kappa shape index (κ3) is 5.22. The van der Waals surface area contributed by atoms with Crippen molar-refractivity contribution < 1.29 is 9.47 Å². The molecule has 3 rings (SSSR count). The summed E-state index contributed by atoms with van der Waals surface area (Å²) in [5, 5.41) is 0. The topological polar surface area (TPSA) is 30.8 Å². The first kappa shape index (κ1) is 16.3. The minimum Gasteiger partial charge on any atom is -0.493 e. The van der Waals surface area contributed by atoms with Crippen molar-refractivity contribution in [3.05, 3.63) is 54.6 Å². The summed E-state index contributed by atoms with van der Waals surface area (Å²) < 4.78 is 12.7. The van der Waals surface area contributed by atoms with Gasteiger partial charge < -0.3 is 9.47 Å². The molecule has 0 saturated carbocycles. The van der Waals surface area contributed by atoms with E-state index in [9.17, 15) is 0 Å². The highest BCUT2D eigenvalue weighted by Gasteiger charge is 2.13. The van der Waals surface area contributed by atoms with Crippen molar-refractivity contribution >= 4 is 27.9 Å². The van der Waals surface area contributed by atoms with E-state index in [1.807, 2.05) is 66.4 Å². The molecule has 0 amide bonds. The van der Waals surface area contributed by atoms with Gasteiger partial charge in [-0.3, -0.25) is 4.99 Å². The van der Waals surface area contributed by atoms with Crippen LogP contribution < -0.4 is 9.47 Å². The Morgan fingerprint density at radius 2 is 1.74 bits per heavy atom. The second-order valence-electron chi connectivity index (χ2n) is 5.14. The monoisotopic (exact) mass is 345 g/mol. The highest BCUT2D eigenvalue weighted by atomic mass is 32.2. The van der Waals surface area contributed by atoms with Gasteiger partial charge in [0.05, 0.1) is 12.6 Å². The second kappa shape index (κ2) is 8.31. The smallest absolute Gasteiger partial charge is 0.127 e. The summed E-state index contributed by atoms with van der Waals surface area (Å²) in [4.78, 5) is 4.55. The van der Waals surface area contributed by atoms with Crippen molar-refractivity contribution in [3.8, 4) is 17.2 Å². The number of nitrogens with zero attached hydrogens (tertiary/aromatic N) is 1. The Morgan fingerprint density at radius 3 is 2.43 bits per heavy atom. The van der Waals surface area contributed by atoms with Crippen molar-refractivity contribution in [2.45, 2.75) is 13.0 Å². The first-order chi connectivity index (χ1) is 11.3. The normalized spacial score (nSPS) is 16.9. The van der Waals surface area contributed by atoms with Crippen molar-refractivity contribution in [1.82, 2.24) is 0 Å². The van der Waals surface area contributed by atoms with Gasteiger partial charge in [0.2, 0.25) is 0 Å². The quantitative estimate of drug-likeness (QED) is 0.683. The highest BCUT2D eigenvalue weighted by Crippen LogP contribution is 2.26. The summed E-state index contributed by atoms with van der Waals surface area (Å²) in [5.41, 5.74) is 0. The van der Waals surface area contributed by atoms with E-state index in [0.29, 0.717) is 12.6 Å². The van der Waals surface area contributed by atoms with Gasteiger partial charge in [-0.2, -0.15) is 0 Å². The molecule has 0 N–H and O–H groups in total. The number of ether oxygens (including phenoxy) is 2. The SMILES string of the molecule is CC1CSC(SCCOc2ccc(Oc3ccccc3)cc2)=N1. The van der Waals surface area contributed by atoms with Crippen molar-refractivity contribution in [1.29, 1.82) is 0 Å². The van der Waals surface area contributed by atoms with Gasteiger partial charge in [-0.25, -0.2) is 0 Å². The van der Waals surface area contributed by atoms with Gasteiger partial charge >= 0.3 is 0 Å². The molecule has 1 aliphatic heterocycles. The molecule has 0 bridgehead atoms. The predicted molar refractivity (Wildman–Crippen MR) is 100 cm³/mol. The maximum Gasteiger partial charge on any atom is 0.127 e. The minimum absolute atomic E-state index is 0.459. The Bertz CT molecular complexity index is 644. The molecule has 0 saturated heterocycles. The molecule has 120 valence electrons. The molecular weight excluding hydrogens is 326 g/mol. The van der Waals surface area contributed by atoms with Crippen LogP contribution in [0.4, 0.5) is 0 Å². The maximum absolute atomic E-state index is 5.76. The van der Waals surface area contributed by atoms with Crippen LogP contribution in [0.25, 0.3) is 0 Å². The van der Waals surface area contributed by atoms with Gasteiger partial charge in [-0.1, -0.05) is 41.7 Å². The fourth-order valence-electron chi connectivity index (χ4n) is 2.04. The molecule has 1 aliphatic rings. The molecule has 0 aliphatic carbocycles. The molecular formula is C18H19NO2S2. The molecule has 3 nitrogen and oxygen atoms in total. The number of benzene rings is 2. The molecule has 5 heteroatoms. The lowest BCUT2D eigenvalue weighted by molar-refractivity contribution is 0.343. The number of rotatable bonds is 6. The lowest BCUT2D eigenvalue weighted by atomic mass is 10.3. The third-order valence-electron chi connectivity index (χ3n) is 3.15. The largest absolute Gasteiger partial charge is 0.493 e. The number of thioether (sulfide) groups is 2. The minimum atomic E-state index is 0.459. The first-order valence-electron chi connectivity index (χ1n) is 7.59. The van der Waals surface area contributed by atoms with E-state index in [2.05, 4.69) is 11.9 Å². The van der Waals surface area contributed by atoms with E-state index in [4.69, 9.17) is 9.47 Å². The van der Waals surface area contributed by atoms with Gasteiger partial charge in [0.15, 0.2) is 0 Å². The van der Waals surface area contributed by atoms with E-state index in [1.54, 1.807) is 11.8 Å². The van der Waals surface area contributed by atoms with Gasteiger partial charge in [-0.05, 0) is 43.3 Å². The van der Waals surface area contributed by atoms with Crippen LogP contribution in [0.5, 0.6) is 17.2 Å². The molecule has 23 heavy (non-hydrogen) atoms. The van der Waals surface area contributed by atoms with Gasteiger partial charge in [-0.15, -0.1) is 0 Å². The lowest BCUT2D eigenvalue weighted by Crippen LogP contribution is -2.01. The highest BCUT2D eigenvalue weighted by molar-refractivity contribution is 8.39. The van der Waals surface area contributed by atoms with Crippen LogP contribution in [-0.4, -0.2) is 28.5 Å². The summed E-state index contributed by atoms with van der Waals surface area (Å²) >= 11 is 3.62. The summed E-state index contributed by atoms with van der Waals surface area (Å²) in [6, 6.07) is 17.9. The summed E-state index contributed by atoms with van der Waals surface area (Å²) in [6.45, 7) is 2.83. The van der Waals surface area contributed by atoms with Crippen LogP contribution in [-0.2, 0) is 0 Å². The number of aliphatic imine (C=N–C) groups is 1. The molecule has 1 unspecified atom stereocenters. The molecule has 0 aromatic heterocycles. The fraction of sp³-hybridized carbons (Fsp3) is 0.278. The van der Waals surface area contributed by atoms with E-state index in [0.717, 1.165) is 28.8 Å². The van der Waals surface area contributed by atoms with E-state index < -0.39 is 0 Å². The van der Waals surface area contributed by atoms with E-state index in [-0.39, 0.29) is 0 Å². The zero-order valence-electron chi connectivity index (χ0n) is 13.0. The van der Waals surface area contributed by atoms with Crippen LogP contribution in [0.1, 0.15) is 6.92 Å². The molecule has 0 fully saturated rings. The molecule has 1 heterocycles. The molecule has 2 aromatic carbocycles. The molecule has 2 aromatic rings. The average Bonchev–Trinajstić information content (AvgIpc) is 2.99. The molecule has 0 spiro atoms. The van der Waals surface area contributed by atoms with Crippen LogP contribution in [0, 0.1) is 0 Å². The maximum atomic E-state index is 5.76. The number of hydrogen-bond donors (Lipinski definition) is 0. The van der Waals surface area contributed by atoms with Crippen molar-refractivity contribution in [3.63, 3.8) is 0 Å². The Labute approximate surface area is 145 Å². The standard InChI is InChI=1S/C18H19NO2S2/c1-14-13-23-18(19-14)22-12-11-20-15-7-9-17(10-8-15)21-16-5-3-2-4-6-16/h2-10,14H,11-13H2,1H3. The van der Waals surface area contributed by atoms with Crippen molar-refractivity contribution in [2.75, 3.05) is 18.1 Å². The zero-order chi connectivity index (χ0) is 15.9. The average molecular weight is 345 g/mol. The van der Waals surface area contributed by atoms with Crippen LogP contribution in [0.2, 0.25) is 0 Å². The Morgan fingerprint density at radius 1 is 1.04 bits per heavy atom. The summed E-state index contributed by atoms with van der Waals surface area (Å²) in [7, 11) is 0. The van der Waals surface area contributed by atoms with E-state index in [1.165, 1.54) is 4.38 Å². The molecule has 0 radical (unpaired) electrons. The lowest BCUT2D eigenvalue weighted by Gasteiger charge is -2.08. The molecule has 1 atom stereocenters. The number of para-hydroxylation sites is 1. The summed E-state index contributed by atoms with van der Waals surface area (Å²) in [5.74, 6) is 4.53. The summed E-state index contributed by atoms with van der Waals surface area (Å²) in [6.07, 6.45) is 0. The fourth-order valence-corrected chi connectivity index (χ4v) is 4.14.